The van der Waals surface area contributed by atoms with Crippen molar-refractivity contribution in [2.45, 2.75) is 36.4 Å². The Balaban J connectivity index is 1.62. The number of methoxy groups -OCH3 is 1. The summed E-state index contributed by atoms with van der Waals surface area (Å²) in [5.41, 5.74) is 2.38. The molecule has 0 amide bonds. The lowest BCUT2D eigenvalue weighted by atomic mass is 9.82. The average Bonchev–Trinajstić information content (AvgIpc) is 2.68. The van der Waals surface area contributed by atoms with Crippen LogP contribution in [0.25, 0.3) is 0 Å². The lowest BCUT2D eigenvalue weighted by Crippen LogP contribution is -2.48. The van der Waals surface area contributed by atoms with Gasteiger partial charge in [-0.1, -0.05) is 30.3 Å². The maximum Gasteiger partial charge on any atom is 0.376 e. The van der Waals surface area contributed by atoms with Crippen LogP contribution in [0, 0.1) is 0 Å². The number of piperidine rings is 1. The van der Waals surface area contributed by atoms with E-state index in [0.717, 1.165) is 48.0 Å². The molecule has 1 aliphatic rings. The Kier molecular flexibility index (Phi) is 6.89. The maximum absolute atomic E-state index is 9.81. The fourth-order valence-corrected chi connectivity index (χ4v) is 4.27. The maximum atomic E-state index is 9.81. The summed E-state index contributed by atoms with van der Waals surface area (Å²) >= 11 is 1.79. The van der Waals surface area contributed by atoms with Gasteiger partial charge in [-0.3, -0.25) is 0 Å². The predicted octanol–water partition coefficient (Wildman–Crippen LogP) is 3.97. The van der Waals surface area contributed by atoms with E-state index in [1.165, 1.54) is 5.56 Å². The third-order valence-electron chi connectivity index (χ3n) is 4.75. The van der Waals surface area contributed by atoms with Crippen LogP contribution in [0.2, 0.25) is 6.82 Å². The van der Waals surface area contributed by atoms with E-state index in [4.69, 9.17) is 4.74 Å². The van der Waals surface area contributed by atoms with Crippen molar-refractivity contribution in [1.29, 1.82) is 0 Å². The number of hydrogen-bond acceptors (Lipinski definition) is 5. The van der Waals surface area contributed by atoms with E-state index in [9.17, 15) is 5.02 Å². The monoisotopic (exact) mass is 370 g/mol. The Labute approximate surface area is 161 Å². The van der Waals surface area contributed by atoms with Crippen LogP contribution >= 0.6 is 11.8 Å². The largest absolute Gasteiger partial charge is 0.496 e. The molecule has 6 heteroatoms. The van der Waals surface area contributed by atoms with Crippen molar-refractivity contribution >= 4 is 24.5 Å². The van der Waals surface area contributed by atoms with Crippen molar-refractivity contribution < 1.29 is 9.76 Å². The molecule has 4 nitrogen and oxygen atoms in total. The minimum atomic E-state index is -0.383. The van der Waals surface area contributed by atoms with Crippen LogP contribution in [-0.4, -0.2) is 43.1 Å². The zero-order chi connectivity index (χ0) is 18.4. The summed E-state index contributed by atoms with van der Waals surface area (Å²) < 4.78 is 5.61. The predicted molar refractivity (Wildman–Crippen MR) is 111 cm³/mol. The van der Waals surface area contributed by atoms with E-state index in [1.54, 1.807) is 18.9 Å². The number of ether oxygens (including phenoxy) is 1. The molecule has 0 unspecified atom stereocenters. The van der Waals surface area contributed by atoms with E-state index in [1.807, 2.05) is 12.9 Å². The Morgan fingerprint density at radius 1 is 1.27 bits per heavy atom. The summed E-state index contributed by atoms with van der Waals surface area (Å²) in [6.45, 7) is 3.67. The number of anilines is 1. The Morgan fingerprint density at radius 3 is 2.81 bits per heavy atom. The molecule has 0 bridgehead atoms. The summed E-state index contributed by atoms with van der Waals surface area (Å²) in [6.07, 6.45) is 2.22. The van der Waals surface area contributed by atoms with Crippen LogP contribution in [0.3, 0.4) is 0 Å². The normalized spacial score (nSPS) is 17.7. The van der Waals surface area contributed by atoms with Crippen molar-refractivity contribution in [3.63, 3.8) is 0 Å². The van der Waals surface area contributed by atoms with Gasteiger partial charge in [0.1, 0.15) is 5.75 Å². The van der Waals surface area contributed by atoms with E-state index < -0.39 is 0 Å². The van der Waals surface area contributed by atoms with Crippen LogP contribution in [0.1, 0.15) is 18.4 Å². The van der Waals surface area contributed by atoms with Gasteiger partial charge >= 0.3 is 7.05 Å². The van der Waals surface area contributed by atoms with Gasteiger partial charge in [0.2, 0.25) is 0 Å². The fourth-order valence-electron chi connectivity index (χ4n) is 3.31. The summed E-state index contributed by atoms with van der Waals surface area (Å²) in [4.78, 5) is 3.26. The molecule has 0 spiro atoms. The first-order valence-electron chi connectivity index (χ1n) is 9.19. The first-order chi connectivity index (χ1) is 12.7. The molecule has 1 saturated heterocycles. The third kappa shape index (κ3) is 5.19. The highest BCUT2D eigenvalue weighted by Crippen LogP contribution is 2.34. The molecule has 1 fully saturated rings. The first-order valence-corrected chi connectivity index (χ1v) is 10.2. The van der Waals surface area contributed by atoms with Gasteiger partial charge in [0.05, 0.1) is 7.11 Å². The molecule has 0 radical (unpaired) electrons. The highest BCUT2D eigenvalue weighted by Gasteiger charge is 2.24. The molecule has 0 saturated carbocycles. The number of nitrogens with one attached hydrogen (secondary N) is 1. The van der Waals surface area contributed by atoms with Gasteiger partial charge < -0.3 is 19.9 Å². The van der Waals surface area contributed by atoms with Gasteiger partial charge in [0.25, 0.3) is 0 Å². The van der Waals surface area contributed by atoms with Crippen LogP contribution in [0.15, 0.2) is 53.4 Å². The van der Waals surface area contributed by atoms with Gasteiger partial charge in [0.15, 0.2) is 0 Å². The van der Waals surface area contributed by atoms with Crippen molar-refractivity contribution in [1.82, 2.24) is 4.81 Å². The highest BCUT2D eigenvalue weighted by molar-refractivity contribution is 7.98. The van der Waals surface area contributed by atoms with E-state index in [-0.39, 0.29) is 7.05 Å². The van der Waals surface area contributed by atoms with E-state index in [2.05, 4.69) is 52.6 Å². The second kappa shape index (κ2) is 9.35. The first kappa shape index (κ1) is 19.1. The minimum Gasteiger partial charge on any atom is -0.496 e. The lowest BCUT2D eigenvalue weighted by molar-refractivity contribution is 0.295. The van der Waals surface area contributed by atoms with Crippen molar-refractivity contribution in [2.75, 3.05) is 25.5 Å². The molecule has 1 heterocycles. The van der Waals surface area contributed by atoms with Crippen molar-refractivity contribution in [3.8, 4) is 5.75 Å². The summed E-state index contributed by atoms with van der Waals surface area (Å²) in [5.74, 6) is 1.83. The fraction of sp³-hybridized carbons (Fsp3) is 0.400. The quantitative estimate of drug-likeness (QED) is 0.570. The molecule has 26 heavy (non-hydrogen) atoms. The molecule has 1 aliphatic heterocycles. The van der Waals surface area contributed by atoms with Gasteiger partial charge in [-0.05, 0) is 43.9 Å². The second-order valence-electron chi connectivity index (χ2n) is 6.75. The number of rotatable bonds is 7. The van der Waals surface area contributed by atoms with E-state index >= 15 is 0 Å². The molecule has 1 atom stereocenters. The van der Waals surface area contributed by atoms with Crippen molar-refractivity contribution in [2.24, 2.45) is 0 Å². The van der Waals surface area contributed by atoms with Crippen LogP contribution < -0.4 is 10.1 Å². The minimum absolute atomic E-state index is 0.353. The molecule has 2 aromatic rings. The topological polar surface area (TPSA) is 44.7 Å². The summed E-state index contributed by atoms with van der Waals surface area (Å²) in [7, 11) is 1.34. The van der Waals surface area contributed by atoms with Gasteiger partial charge in [-0.15, -0.1) is 11.8 Å². The number of nitrogens with zero attached hydrogens (tertiary/aromatic N) is 1. The zero-order valence-electron chi connectivity index (χ0n) is 15.5. The third-order valence-corrected chi connectivity index (χ3v) is 5.88. The standard InChI is InChI=1S/C20H27BN2O2S/c1-21(24)23-12-6-9-18(14-23)22-17-10-11-20(19(13-17)25-2)26-15-16-7-4-3-5-8-16/h3-5,7-8,10-11,13,18,22,24H,6,9,12,14-15H2,1-2H3/t18-/m1/s1. The molecule has 0 aliphatic carbocycles. The molecular formula is C20H27BN2O2S. The van der Waals surface area contributed by atoms with Crippen LogP contribution in [-0.2, 0) is 5.75 Å². The highest BCUT2D eigenvalue weighted by atomic mass is 32.2. The summed E-state index contributed by atoms with van der Waals surface area (Å²) in [5, 5.41) is 13.4. The Bertz CT molecular complexity index is 699. The number of hydrogen-bond donors (Lipinski definition) is 2. The molecule has 138 valence electrons. The molecule has 2 aromatic carbocycles. The average molecular weight is 370 g/mol. The summed E-state index contributed by atoms with van der Waals surface area (Å²) in [6, 6.07) is 17.2. The van der Waals surface area contributed by atoms with E-state index in [0.29, 0.717) is 6.04 Å². The molecule has 2 N–H and O–H groups in total. The molecule has 3 rings (SSSR count). The smallest absolute Gasteiger partial charge is 0.376 e. The SMILES string of the molecule is COc1cc(N[C@@H]2CCCN(B(C)O)C2)ccc1SCc1ccccc1. The van der Waals surface area contributed by atoms with Crippen LogP contribution in [0.5, 0.6) is 5.75 Å². The Hall–Kier alpha value is -1.63. The lowest BCUT2D eigenvalue weighted by Gasteiger charge is -2.34. The zero-order valence-corrected chi connectivity index (χ0v) is 16.3. The number of thioether (sulfide) groups is 1. The molecule has 0 aromatic heterocycles. The van der Waals surface area contributed by atoms with Gasteiger partial charge in [-0.25, -0.2) is 0 Å². The Morgan fingerprint density at radius 2 is 2.08 bits per heavy atom. The van der Waals surface area contributed by atoms with Gasteiger partial charge in [-0.2, -0.15) is 0 Å². The second-order valence-corrected chi connectivity index (χ2v) is 7.77. The number of benzene rings is 2. The van der Waals surface area contributed by atoms with Crippen LogP contribution in [0.4, 0.5) is 5.69 Å². The van der Waals surface area contributed by atoms with Crippen molar-refractivity contribution in [3.05, 3.63) is 54.1 Å². The van der Waals surface area contributed by atoms with Gasteiger partial charge in [0, 0.05) is 35.0 Å². The molecular weight excluding hydrogens is 343 g/mol.